The number of sulfonamides is 1. The van der Waals surface area contributed by atoms with E-state index in [2.05, 4.69) is 20.0 Å². The van der Waals surface area contributed by atoms with Gasteiger partial charge < -0.3 is 10.1 Å². The second-order valence-electron chi connectivity index (χ2n) is 7.43. The SMILES string of the molecule is COc1ccc(NS(=O)(=O)c2cc(NC(=O)c3cnc(-c4ccccc4)nc3)ccc2C)cc1. The molecule has 0 fully saturated rings. The third-order valence-electron chi connectivity index (χ3n) is 5.02. The highest BCUT2D eigenvalue weighted by atomic mass is 32.2. The van der Waals surface area contributed by atoms with Crippen LogP contribution in [-0.4, -0.2) is 31.4 Å². The average Bonchev–Trinajstić information content (AvgIpc) is 2.86. The summed E-state index contributed by atoms with van der Waals surface area (Å²) in [5.74, 6) is 0.671. The maximum absolute atomic E-state index is 13.0. The van der Waals surface area contributed by atoms with Gasteiger partial charge in [0.25, 0.3) is 15.9 Å². The van der Waals surface area contributed by atoms with E-state index in [-0.39, 0.29) is 10.5 Å². The summed E-state index contributed by atoms with van der Waals surface area (Å²) in [6.07, 6.45) is 2.86. The standard InChI is InChI=1S/C25H22N4O4S/c1-17-8-9-21(14-23(17)34(31,32)29-20-10-12-22(33-2)13-11-20)28-25(30)19-15-26-24(27-16-19)18-6-4-3-5-7-18/h3-16,29H,1-2H3,(H,28,30). The Morgan fingerprint density at radius 2 is 1.53 bits per heavy atom. The highest BCUT2D eigenvalue weighted by Gasteiger charge is 2.19. The maximum atomic E-state index is 13.0. The summed E-state index contributed by atoms with van der Waals surface area (Å²) < 4.78 is 33.6. The van der Waals surface area contributed by atoms with Crippen molar-refractivity contribution in [3.05, 3.63) is 96.3 Å². The van der Waals surface area contributed by atoms with Gasteiger partial charge >= 0.3 is 0 Å². The van der Waals surface area contributed by atoms with E-state index >= 15 is 0 Å². The van der Waals surface area contributed by atoms with Crippen molar-refractivity contribution < 1.29 is 17.9 Å². The molecule has 3 aromatic carbocycles. The van der Waals surface area contributed by atoms with Crippen molar-refractivity contribution in [1.82, 2.24) is 9.97 Å². The minimum Gasteiger partial charge on any atom is -0.497 e. The molecule has 0 radical (unpaired) electrons. The van der Waals surface area contributed by atoms with Crippen LogP contribution in [0.15, 0.2) is 90.1 Å². The van der Waals surface area contributed by atoms with Gasteiger partial charge in [0.15, 0.2) is 5.82 Å². The Hall–Kier alpha value is -4.24. The van der Waals surface area contributed by atoms with Gasteiger partial charge in [-0.25, -0.2) is 18.4 Å². The maximum Gasteiger partial charge on any atom is 0.262 e. The number of hydrogen-bond acceptors (Lipinski definition) is 6. The van der Waals surface area contributed by atoms with Crippen LogP contribution in [0.5, 0.6) is 5.75 Å². The van der Waals surface area contributed by atoms with Crippen LogP contribution in [0.2, 0.25) is 0 Å². The Labute approximate surface area is 197 Å². The summed E-state index contributed by atoms with van der Waals surface area (Å²) >= 11 is 0. The molecule has 0 aliphatic rings. The Kier molecular flexibility index (Phi) is 6.55. The number of aryl methyl sites for hydroxylation is 1. The van der Waals surface area contributed by atoms with E-state index in [0.717, 1.165) is 5.56 Å². The number of nitrogens with zero attached hydrogens (tertiary/aromatic N) is 2. The minimum absolute atomic E-state index is 0.0526. The minimum atomic E-state index is -3.89. The molecule has 1 amide bonds. The monoisotopic (exact) mass is 474 g/mol. The molecule has 0 aliphatic carbocycles. The van der Waals surface area contributed by atoms with Crippen LogP contribution >= 0.6 is 0 Å². The van der Waals surface area contributed by atoms with Gasteiger partial charge in [-0.1, -0.05) is 36.4 Å². The number of anilines is 2. The van der Waals surface area contributed by atoms with Crippen LogP contribution in [0.4, 0.5) is 11.4 Å². The lowest BCUT2D eigenvalue weighted by atomic mass is 10.2. The van der Waals surface area contributed by atoms with E-state index in [0.29, 0.717) is 28.5 Å². The van der Waals surface area contributed by atoms with E-state index in [1.54, 1.807) is 43.3 Å². The molecule has 0 saturated heterocycles. The van der Waals surface area contributed by atoms with Crippen molar-refractivity contribution in [2.75, 3.05) is 17.1 Å². The third kappa shape index (κ3) is 5.21. The fourth-order valence-electron chi connectivity index (χ4n) is 3.22. The summed E-state index contributed by atoms with van der Waals surface area (Å²) in [5.41, 5.74) is 2.35. The van der Waals surface area contributed by atoms with Crippen LogP contribution in [0.1, 0.15) is 15.9 Å². The lowest BCUT2D eigenvalue weighted by Gasteiger charge is -2.13. The van der Waals surface area contributed by atoms with Gasteiger partial charge in [0.1, 0.15) is 5.75 Å². The molecule has 0 aliphatic heterocycles. The van der Waals surface area contributed by atoms with Gasteiger partial charge in [-0.2, -0.15) is 0 Å². The summed E-state index contributed by atoms with van der Waals surface area (Å²) in [7, 11) is -2.36. The molecule has 8 nitrogen and oxygen atoms in total. The molecule has 172 valence electrons. The third-order valence-corrected chi connectivity index (χ3v) is 6.55. The van der Waals surface area contributed by atoms with Gasteiger partial charge in [-0.15, -0.1) is 0 Å². The van der Waals surface area contributed by atoms with E-state index in [4.69, 9.17) is 4.74 Å². The van der Waals surface area contributed by atoms with Crippen molar-refractivity contribution in [2.24, 2.45) is 0 Å². The van der Waals surface area contributed by atoms with Gasteiger partial charge in [0, 0.05) is 29.3 Å². The second kappa shape index (κ2) is 9.72. The Bertz CT molecular complexity index is 1410. The number of carbonyl (C=O) groups excluding carboxylic acids is 1. The summed E-state index contributed by atoms with van der Waals surface area (Å²) in [5, 5.41) is 2.71. The van der Waals surface area contributed by atoms with Gasteiger partial charge in [-0.05, 0) is 48.9 Å². The largest absolute Gasteiger partial charge is 0.497 e. The highest BCUT2D eigenvalue weighted by Crippen LogP contribution is 2.24. The van der Waals surface area contributed by atoms with Crippen LogP contribution in [0.25, 0.3) is 11.4 Å². The molecule has 34 heavy (non-hydrogen) atoms. The first-order chi connectivity index (χ1) is 16.4. The molecule has 4 rings (SSSR count). The Morgan fingerprint density at radius 3 is 2.18 bits per heavy atom. The zero-order valence-corrected chi connectivity index (χ0v) is 19.3. The predicted molar refractivity (Wildman–Crippen MR) is 130 cm³/mol. The van der Waals surface area contributed by atoms with Crippen molar-refractivity contribution in [1.29, 1.82) is 0 Å². The topological polar surface area (TPSA) is 110 Å². The lowest BCUT2D eigenvalue weighted by Crippen LogP contribution is -2.16. The first-order valence-electron chi connectivity index (χ1n) is 10.3. The van der Waals surface area contributed by atoms with Crippen molar-refractivity contribution in [3.63, 3.8) is 0 Å². The molecule has 0 unspecified atom stereocenters. The zero-order valence-electron chi connectivity index (χ0n) is 18.5. The quantitative estimate of drug-likeness (QED) is 0.408. The molecule has 0 spiro atoms. The van der Waals surface area contributed by atoms with Crippen LogP contribution in [0, 0.1) is 6.92 Å². The van der Waals surface area contributed by atoms with Crippen LogP contribution in [0.3, 0.4) is 0 Å². The fraction of sp³-hybridized carbons (Fsp3) is 0.0800. The molecule has 1 heterocycles. The lowest BCUT2D eigenvalue weighted by molar-refractivity contribution is 0.102. The summed E-state index contributed by atoms with van der Waals surface area (Å²) in [4.78, 5) is 21.3. The molecule has 0 bridgehead atoms. The van der Waals surface area contributed by atoms with E-state index < -0.39 is 15.9 Å². The molecule has 0 saturated carbocycles. The van der Waals surface area contributed by atoms with E-state index in [1.807, 2.05) is 30.3 Å². The fourth-order valence-corrected chi connectivity index (χ4v) is 4.55. The number of carbonyl (C=O) groups is 1. The van der Waals surface area contributed by atoms with Gasteiger partial charge in [0.2, 0.25) is 0 Å². The average molecular weight is 475 g/mol. The summed E-state index contributed by atoms with van der Waals surface area (Å²) in [6, 6.07) is 20.6. The number of methoxy groups -OCH3 is 1. The second-order valence-corrected chi connectivity index (χ2v) is 9.08. The number of nitrogens with one attached hydrogen (secondary N) is 2. The Balaban J connectivity index is 1.51. The molecule has 0 atom stereocenters. The molecule has 9 heteroatoms. The zero-order chi connectivity index (χ0) is 24.1. The highest BCUT2D eigenvalue weighted by molar-refractivity contribution is 7.92. The number of ether oxygens (including phenoxy) is 1. The molecular formula is C25H22N4O4S. The number of rotatable bonds is 7. The smallest absolute Gasteiger partial charge is 0.262 e. The molecule has 1 aromatic heterocycles. The first-order valence-corrected chi connectivity index (χ1v) is 11.8. The van der Waals surface area contributed by atoms with E-state index in [1.165, 1.54) is 25.6 Å². The van der Waals surface area contributed by atoms with E-state index in [9.17, 15) is 13.2 Å². The number of hydrogen-bond donors (Lipinski definition) is 2. The number of aromatic nitrogens is 2. The Morgan fingerprint density at radius 1 is 0.882 bits per heavy atom. The normalized spacial score (nSPS) is 11.0. The molecule has 4 aromatic rings. The first kappa shape index (κ1) is 22.9. The van der Waals surface area contributed by atoms with Gasteiger partial charge in [0.05, 0.1) is 17.6 Å². The number of amides is 1. The van der Waals surface area contributed by atoms with Crippen molar-refractivity contribution in [3.8, 4) is 17.1 Å². The summed E-state index contributed by atoms with van der Waals surface area (Å²) in [6.45, 7) is 1.68. The molecular weight excluding hydrogens is 452 g/mol. The van der Waals surface area contributed by atoms with Crippen LogP contribution in [-0.2, 0) is 10.0 Å². The number of benzene rings is 3. The van der Waals surface area contributed by atoms with Crippen molar-refractivity contribution >= 4 is 27.3 Å². The van der Waals surface area contributed by atoms with Crippen molar-refractivity contribution in [2.45, 2.75) is 11.8 Å². The van der Waals surface area contributed by atoms with Gasteiger partial charge in [-0.3, -0.25) is 9.52 Å². The predicted octanol–water partition coefficient (Wildman–Crippen LogP) is 4.51. The molecule has 2 N–H and O–H groups in total. The van der Waals surface area contributed by atoms with Crippen LogP contribution < -0.4 is 14.8 Å².